The van der Waals surface area contributed by atoms with E-state index in [9.17, 15) is 4.79 Å². The second kappa shape index (κ2) is 7.64. The summed E-state index contributed by atoms with van der Waals surface area (Å²) in [6.07, 6.45) is 5.79. The van der Waals surface area contributed by atoms with Gasteiger partial charge in [-0.25, -0.2) is 0 Å². The first kappa shape index (κ1) is 17.4. The van der Waals surface area contributed by atoms with Gasteiger partial charge in [0.05, 0.1) is 12.0 Å². The van der Waals surface area contributed by atoms with Gasteiger partial charge < -0.3 is 14.2 Å². The molecule has 2 saturated heterocycles. The van der Waals surface area contributed by atoms with Crippen molar-refractivity contribution in [3.63, 3.8) is 0 Å². The van der Waals surface area contributed by atoms with E-state index in [1.807, 2.05) is 0 Å². The van der Waals surface area contributed by atoms with Gasteiger partial charge in [-0.05, 0) is 38.5 Å². The molecule has 1 aromatic heterocycles. The van der Waals surface area contributed by atoms with E-state index in [4.69, 9.17) is 4.74 Å². The van der Waals surface area contributed by atoms with Crippen molar-refractivity contribution in [3.8, 4) is 0 Å². The Bertz CT molecular complexity index is 549. The standard InChI is InChI=1S/C18H30N4O2/c1-4-21-12-19-20-17(21)14-7-9-22(10-8-14)18(23)15-6-5-11-24-16(15)13(2)3/h12-16H,4-11H2,1-3H3/t15-,16-/m0/s1. The van der Waals surface area contributed by atoms with E-state index in [0.717, 1.165) is 57.7 Å². The molecule has 0 bridgehead atoms. The molecule has 6 heteroatoms. The Morgan fingerprint density at radius 1 is 1.33 bits per heavy atom. The number of rotatable bonds is 4. The molecule has 0 spiro atoms. The van der Waals surface area contributed by atoms with Gasteiger partial charge in [-0.1, -0.05) is 13.8 Å². The second-order valence-electron chi connectivity index (χ2n) is 7.40. The highest BCUT2D eigenvalue weighted by Crippen LogP contribution is 2.31. The number of hydrogen-bond acceptors (Lipinski definition) is 4. The Kier molecular flexibility index (Phi) is 5.54. The van der Waals surface area contributed by atoms with Crippen molar-refractivity contribution in [2.45, 2.75) is 65.0 Å². The van der Waals surface area contributed by atoms with Gasteiger partial charge in [0, 0.05) is 32.2 Å². The Balaban J connectivity index is 1.60. The number of carbonyl (C=O) groups is 1. The molecule has 0 radical (unpaired) electrons. The number of ether oxygens (including phenoxy) is 1. The van der Waals surface area contributed by atoms with E-state index < -0.39 is 0 Å². The lowest BCUT2D eigenvalue weighted by Crippen LogP contribution is -2.48. The predicted octanol–water partition coefficient (Wildman–Crippen LogP) is 2.46. The number of aromatic nitrogens is 3. The molecule has 2 fully saturated rings. The van der Waals surface area contributed by atoms with Crippen LogP contribution in [0, 0.1) is 11.8 Å². The minimum Gasteiger partial charge on any atom is -0.377 e. The van der Waals surface area contributed by atoms with Crippen molar-refractivity contribution in [2.75, 3.05) is 19.7 Å². The molecule has 134 valence electrons. The fraction of sp³-hybridized carbons (Fsp3) is 0.833. The van der Waals surface area contributed by atoms with Gasteiger partial charge in [0.25, 0.3) is 0 Å². The Morgan fingerprint density at radius 3 is 2.75 bits per heavy atom. The summed E-state index contributed by atoms with van der Waals surface area (Å²) in [6, 6.07) is 0. The van der Waals surface area contributed by atoms with Crippen LogP contribution < -0.4 is 0 Å². The largest absolute Gasteiger partial charge is 0.377 e. The normalized spacial score (nSPS) is 26.1. The lowest BCUT2D eigenvalue weighted by Gasteiger charge is -2.39. The summed E-state index contributed by atoms with van der Waals surface area (Å²) in [5.74, 6) is 2.21. The summed E-state index contributed by atoms with van der Waals surface area (Å²) in [4.78, 5) is 15.1. The number of carbonyl (C=O) groups excluding carboxylic acids is 1. The van der Waals surface area contributed by atoms with Crippen molar-refractivity contribution >= 4 is 5.91 Å². The SMILES string of the molecule is CCn1cnnc1C1CCN(C(=O)[C@H]2CCCO[C@H]2C(C)C)CC1. The number of likely N-dealkylation sites (tertiary alicyclic amines) is 1. The van der Waals surface area contributed by atoms with E-state index in [0.29, 0.717) is 17.7 Å². The molecule has 3 heterocycles. The molecule has 0 aliphatic carbocycles. The van der Waals surface area contributed by atoms with Crippen LogP contribution in [0.15, 0.2) is 6.33 Å². The number of hydrogen-bond donors (Lipinski definition) is 0. The topological polar surface area (TPSA) is 60.2 Å². The van der Waals surface area contributed by atoms with E-state index in [-0.39, 0.29) is 12.0 Å². The minimum atomic E-state index is 0.0367. The maximum Gasteiger partial charge on any atom is 0.228 e. The van der Waals surface area contributed by atoms with Gasteiger partial charge in [0.2, 0.25) is 5.91 Å². The lowest BCUT2D eigenvalue weighted by molar-refractivity contribution is -0.148. The van der Waals surface area contributed by atoms with Crippen LogP contribution in [0.25, 0.3) is 0 Å². The molecule has 2 aliphatic heterocycles. The first-order chi connectivity index (χ1) is 11.6. The van der Waals surface area contributed by atoms with Gasteiger partial charge in [-0.15, -0.1) is 10.2 Å². The molecule has 24 heavy (non-hydrogen) atoms. The van der Waals surface area contributed by atoms with Crippen molar-refractivity contribution in [1.29, 1.82) is 0 Å². The summed E-state index contributed by atoms with van der Waals surface area (Å²) in [6.45, 7) is 9.75. The van der Waals surface area contributed by atoms with Gasteiger partial charge in [0.15, 0.2) is 0 Å². The molecular formula is C18H30N4O2. The molecule has 3 rings (SSSR count). The maximum absolute atomic E-state index is 13.0. The number of amides is 1. The van der Waals surface area contributed by atoms with Crippen LogP contribution in [0.2, 0.25) is 0 Å². The fourth-order valence-corrected chi connectivity index (χ4v) is 4.14. The highest BCUT2D eigenvalue weighted by Gasteiger charge is 2.37. The quantitative estimate of drug-likeness (QED) is 0.848. The number of piperidine rings is 1. The summed E-state index contributed by atoms with van der Waals surface area (Å²) < 4.78 is 8.02. The van der Waals surface area contributed by atoms with Crippen molar-refractivity contribution < 1.29 is 9.53 Å². The van der Waals surface area contributed by atoms with Crippen LogP contribution in [-0.2, 0) is 16.1 Å². The molecule has 1 aromatic rings. The lowest BCUT2D eigenvalue weighted by atomic mass is 9.85. The molecule has 1 amide bonds. The smallest absolute Gasteiger partial charge is 0.228 e. The zero-order valence-corrected chi connectivity index (χ0v) is 15.1. The first-order valence-electron chi connectivity index (χ1n) is 9.39. The zero-order chi connectivity index (χ0) is 17.1. The monoisotopic (exact) mass is 334 g/mol. The highest BCUT2D eigenvalue weighted by molar-refractivity contribution is 5.79. The van der Waals surface area contributed by atoms with Crippen LogP contribution in [-0.4, -0.2) is 51.4 Å². The van der Waals surface area contributed by atoms with E-state index >= 15 is 0 Å². The van der Waals surface area contributed by atoms with Crippen molar-refractivity contribution in [1.82, 2.24) is 19.7 Å². The second-order valence-corrected chi connectivity index (χ2v) is 7.40. The number of aryl methyl sites for hydroxylation is 1. The van der Waals surface area contributed by atoms with Crippen molar-refractivity contribution in [2.24, 2.45) is 11.8 Å². The predicted molar refractivity (Wildman–Crippen MR) is 91.6 cm³/mol. The summed E-state index contributed by atoms with van der Waals surface area (Å²) in [5.41, 5.74) is 0. The third-order valence-electron chi connectivity index (χ3n) is 5.50. The average Bonchev–Trinajstić information content (AvgIpc) is 3.10. The van der Waals surface area contributed by atoms with Gasteiger partial charge >= 0.3 is 0 Å². The van der Waals surface area contributed by atoms with Crippen LogP contribution in [0.5, 0.6) is 0 Å². The minimum absolute atomic E-state index is 0.0367. The molecule has 0 N–H and O–H groups in total. The van der Waals surface area contributed by atoms with E-state index in [2.05, 4.69) is 40.4 Å². The Labute approximate surface area is 144 Å². The van der Waals surface area contributed by atoms with E-state index in [1.54, 1.807) is 6.33 Å². The summed E-state index contributed by atoms with van der Waals surface area (Å²) >= 11 is 0. The fourth-order valence-electron chi connectivity index (χ4n) is 4.14. The molecule has 2 atom stereocenters. The molecule has 6 nitrogen and oxygen atoms in total. The average molecular weight is 334 g/mol. The van der Waals surface area contributed by atoms with Crippen molar-refractivity contribution in [3.05, 3.63) is 12.2 Å². The molecule has 2 aliphatic rings. The molecule has 0 unspecified atom stereocenters. The molecule has 0 saturated carbocycles. The first-order valence-corrected chi connectivity index (χ1v) is 9.39. The molecular weight excluding hydrogens is 304 g/mol. The van der Waals surface area contributed by atoms with Crippen LogP contribution in [0.3, 0.4) is 0 Å². The third-order valence-corrected chi connectivity index (χ3v) is 5.50. The molecule has 0 aromatic carbocycles. The van der Waals surface area contributed by atoms with Gasteiger partial charge in [-0.2, -0.15) is 0 Å². The maximum atomic E-state index is 13.0. The van der Waals surface area contributed by atoms with E-state index in [1.165, 1.54) is 0 Å². The summed E-state index contributed by atoms with van der Waals surface area (Å²) in [5, 5.41) is 8.34. The zero-order valence-electron chi connectivity index (χ0n) is 15.1. The Hall–Kier alpha value is -1.43. The van der Waals surface area contributed by atoms with Gasteiger partial charge in [-0.3, -0.25) is 4.79 Å². The number of nitrogens with zero attached hydrogens (tertiary/aromatic N) is 4. The Morgan fingerprint density at radius 2 is 2.08 bits per heavy atom. The summed E-state index contributed by atoms with van der Waals surface area (Å²) in [7, 11) is 0. The van der Waals surface area contributed by atoms with Crippen LogP contribution >= 0.6 is 0 Å². The van der Waals surface area contributed by atoms with Crippen LogP contribution in [0.4, 0.5) is 0 Å². The van der Waals surface area contributed by atoms with Gasteiger partial charge in [0.1, 0.15) is 12.2 Å². The highest BCUT2D eigenvalue weighted by atomic mass is 16.5. The van der Waals surface area contributed by atoms with Crippen LogP contribution in [0.1, 0.15) is 58.2 Å². The third kappa shape index (κ3) is 3.48.